The molecule has 3 aromatic rings. The Bertz CT molecular complexity index is 1030. The van der Waals surface area contributed by atoms with Crippen molar-refractivity contribution < 1.29 is 4.52 Å². The van der Waals surface area contributed by atoms with Gasteiger partial charge in [0.1, 0.15) is 10.7 Å². The average Bonchev–Trinajstić information content (AvgIpc) is 3.36. The third kappa shape index (κ3) is 2.51. The lowest BCUT2D eigenvalue weighted by Crippen LogP contribution is -2.41. The molecule has 0 radical (unpaired) electrons. The van der Waals surface area contributed by atoms with Gasteiger partial charge in [-0.15, -0.1) is 11.3 Å². The van der Waals surface area contributed by atoms with Crippen LogP contribution in [0.25, 0.3) is 10.2 Å². The Labute approximate surface area is 154 Å². The largest absolute Gasteiger partial charge is 0.340 e. The molecule has 2 N–H and O–H groups in total. The summed E-state index contributed by atoms with van der Waals surface area (Å²) in [4.78, 5) is 27.0. The number of aromatic amines is 1. The van der Waals surface area contributed by atoms with Gasteiger partial charge in [-0.1, -0.05) is 18.0 Å². The first kappa shape index (κ1) is 16.1. The standard InChI is InChI=1S/C18H21N5O2S/c1-10-20-17(23-25-10)18(7-2-3-8-18)19-9-13-21-15(24)14-11-5-4-6-12(11)26-16(14)22-13/h19H,2-9H2,1H3,(H,21,22,24). The van der Waals surface area contributed by atoms with Crippen LogP contribution in [0.4, 0.5) is 0 Å². The Morgan fingerprint density at radius 2 is 2.08 bits per heavy atom. The minimum absolute atomic E-state index is 0.0120. The van der Waals surface area contributed by atoms with Crippen LogP contribution in [0.3, 0.4) is 0 Å². The lowest BCUT2D eigenvalue weighted by molar-refractivity contribution is 0.295. The molecule has 1 saturated carbocycles. The quantitative estimate of drug-likeness (QED) is 0.732. The maximum Gasteiger partial charge on any atom is 0.259 e. The molecule has 26 heavy (non-hydrogen) atoms. The highest BCUT2D eigenvalue weighted by atomic mass is 32.1. The highest BCUT2D eigenvalue weighted by molar-refractivity contribution is 7.18. The van der Waals surface area contributed by atoms with Crippen LogP contribution in [0.2, 0.25) is 0 Å². The Morgan fingerprint density at radius 1 is 1.23 bits per heavy atom. The predicted molar refractivity (Wildman–Crippen MR) is 98.3 cm³/mol. The Morgan fingerprint density at radius 3 is 2.85 bits per heavy atom. The van der Waals surface area contributed by atoms with Gasteiger partial charge in [0.05, 0.1) is 17.5 Å². The molecule has 0 spiro atoms. The average molecular weight is 371 g/mol. The molecule has 0 unspecified atom stereocenters. The van der Waals surface area contributed by atoms with E-state index in [9.17, 15) is 4.79 Å². The van der Waals surface area contributed by atoms with Crippen LogP contribution in [-0.4, -0.2) is 20.1 Å². The van der Waals surface area contributed by atoms with Crippen molar-refractivity contribution in [1.29, 1.82) is 0 Å². The molecule has 5 rings (SSSR count). The van der Waals surface area contributed by atoms with Gasteiger partial charge in [0.25, 0.3) is 5.56 Å². The van der Waals surface area contributed by atoms with E-state index in [4.69, 9.17) is 9.51 Å². The molecule has 0 amide bonds. The summed E-state index contributed by atoms with van der Waals surface area (Å²) < 4.78 is 5.19. The number of rotatable bonds is 4. The molecule has 1 fully saturated rings. The predicted octanol–water partition coefficient (Wildman–Crippen LogP) is 2.72. The van der Waals surface area contributed by atoms with Gasteiger partial charge in [-0.3, -0.25) is 10.1 Å². The van der Waals surface area contributed by atoms with Crippen molar-refractivity contribution in [3.05, 3.63) is 38.3 Å². The van der Waals surface area contributed by atoms with Crippen molar-refractivity contribution in [2.24, 2.45) is 0 Å². The summed E-state index contributed by atoms with van der Waals surface area (Å²) in [5, 5.41) is 8.52. The third-order valence-electron chi connectivity index (χ3n) is 5.63. The second-order valence-electron chi connectivity index (χ2n) is 7.33. The van der Waals surface area contributed by atoms with E-state index in [0.29, 0.717) is 24.1 Å². The van der Waals surface area contributed by atoms with Gasteiger partial charge in [0, 0.05) is 11.8 Å². The van der Waals surface area contributed by atoms with E-state index in [1.54, 1.807) is 11.3 Å². The summed E-state index contributed by atoms with van der Waals surface area (Å²) in [7, 11) is 0. The number of nitrogens with zero attached hydrogens (tertiary/aromatic N) is 3. The van der Waals surface area contributed by atoms with Crippen LogP contribution in [0.15, 0.2) is 9.32 Å². The zero-order valence-corrected chi connectivity index (χ0v) is 15.5. The topological polar surface area (TPSA) is 96.7 Å². The van der Waals surface area contributed by atoms with Gasteiger partial charge in [0.2, 0.25) is 5.89 Å². The molecule has 136 valence electrons. The minimum Gasteiger partial charge on any atom is -0.340 e. The molecular weight excluding hydrogens is 350 g/mol. The number of fused-ring (bicyclic) bond motifs is 3. The fourth-order valence-corrected chi connectivity index (χ4v) is 5.62. The van der Waals surface area contributed by atoms with Crippen molar-refractivity contribution in [2.75, 3.05) is 0 Å². The number of aryl methyl sites for hydroxylation is 3. The molecule has 2 aliphatic rings. The lowest BCUT2D eigenvalue weighted by atomic mass is 9.96. The molecule has 0 atom stereocenters. The smallest absolute Gasteiger partial charge is 0.259 e. The van der Waals surface area contributed by atoms with E-state index in [1.165, 1.54) is 10.4 Å². The Kier molecular flexibility index (Phi) is 3.72. The molecule has 8 heteroatoms. The summed E-state index contributed by atoms with van der Waals surface area (Å²) in [6.45, 7) is 2.30. The Balaban J connectivity index is 1.45. The normalized spacial score (nSPS) is 18.7. The summed E-state index contributed by atoms with van der Waals surface area (Å²) in [5.74, 6) is 1.97. The van der Waals surface area contributed by atoms with Crippen molar-refractivity contribution in [2.45, 2.75) is 64.0 Å². The number of aromatic nitrogens is 4. The molecule has 3 heterocycles. The molecular formula is C18H21N5O2S. The van der Waals surface area contributed by atoms with Gasteiger partial charge in [-0.2, -0.15) is 4.98 Å². The van der Waals surface area contributed by atoms with Crippen molar-refractivity contribution in [3.63, 3.8) is 0 Å². The molecule has 7 nitrogen and oxygen atoms in total. The van der Waals surface area contributed by atoms with Crippen LogP contribution >= 0.6 is 11.3 Å². The summed E-state index contributed by atoms with van der Waals surface area (Å²) in [6, 6.07) is 0. The molecule has 0 bridgehead atoms. The number of hydrogen-bond acceptors (Lipinski definition) is 7. The Hall–Kier alpha value is -2.06. The van der Waals surface area contributed by atoms with Gasteiger partial charge in [-0.05, 0) is 37.7 Å². The van der Waals surface area contributed by atoms with Crippen molar-refractivity contribution in [1.82, 2.24) is 25.4 Å². The molecule has 0 saturated heterocycles. The van der Waals surface area contributed by atoms with E-state index in [1.807, 2.05) is 6.92 Å². The molecule has 3 aromatic heterocycles. The van der Waals surface area contributed by atoms with Gasteiger partial charge in [-0.25, -0.2) is 4.98 Å². The maximum atomic E-state index is 12.6. The molecule has 0 aromatic carbocycles. The van der Waals surface area contributed by atoms with Crippen molar-refractivity contribution in [3.8, 4) is 0 Å². The van der Waals surface area contributed by atoms with E-state index in [-0.39, 0.29) is 11.1 Å². The van der Waals surface area contributed by atoms with Crippen LogP contribution in [0.5, 0.6) is 0 Å². The zero-order chi connectivity index (χ0) is 17.7. The van der Waals surface area contributed by atoms with Crippen LogP contribution in [0, 0.1) is 6.92 Å². The monoisotopic (exact) mass is 371 g/mol. The molecule has 2 aliphatic carbocycles. The minimum atomic E-state index is -0.289. The zero-order valence-electron chi connectivity index (χ0n) is 14.7. The first-order valence-electron chi connectivity index (χ1n) is 9.24. The van der Waals surface area contributed by atoms with E-state index in [0.717, 1.165) is 55.2 Å². The SMILES string of the molecule is Cc1nc(C2(NCc3nc4sc5c(c4c(=O)[nH]3)CCC5)CCCC2)no1. The number of H-pyrrole nitrogens is 1. The fraction of sp³-hybridized carbons (Fsp3) is 0.556. The third-order valence-corrected chi connectivity index (χ3v) is 6.82. The molecule has 0 aliphatic heterocycles. The maximum absolute atomic E-state index is 12.6. The van der Waals surface area contributed by atoms with E-state index >= 15 is 0 Å². The lowest BCUT2D eigenvalue weighted by Gasteiger charge is -2.26. The first-order chi connectivity index (χ1) is 12.6. The van der Waals surface area contributed by atoms with Crippen LogP contribution < -0.4 is 10.9 Å². The van der Waals surface area contributed by atoms with Gasteiger partial charge in [0.15, 0.2) is 5.82 Å². The van der Waals surface area contributed by atoms with E-state index < -0.39 is 0 Å². The van der Waals surface area contributed by atoms with Gasteiger partial charge < -0.3 is 9.51 Å². The van der Waals surface area contributed by atoms with Crippen LogP contribution in [0.1, 0.15) is 60.1 Å². The first-order valence-corrected chi connectivity index (χ1v) is 10.1. The van der Waals surface area contributed by atoms with Gasteiger partial charge >= 0.3 is 0 Å². The fourth-order valence-electron chi connectivity index (χ4n) is 4.34. The highest BCUT2D eigenvalue weighted by Crippen LogP contribution is 2.38. The summed E-state index contributed by atoms with van der Waals surface area (Å²) >= 11 is 1.67. The second kappa shape index (κ2) is 5.99. The summed E-state index contributed by atoms with van der Waals surface area (Å²) in [6.07, 6.45) is 7.40. The second-order valence-corrected chi connectivity index (χ2v) is 8.41. The summed E-state index contributed by atoms with van der Waals surface area (Å²) in [5.41, 5.74) is 0.914. The number of nitrogens with one attached hydrogen (secondary N) is 2. The number of hydrogen-bond donors (Lipinski definition) is 2. The van der Waals surface area contributed by atoms with Crippen molar-refractivity contribution >= 4 is 21.6 Å². The van der Waals surface area contributed by atoms with Crippen LogP contribution in [-0.2, 0) is 24.9 Å². The highest BCUT2D eigenvalue weighted by Gasteiger charge is 2.39. The van der Waals surface area contributed by atoms with E-state index in [2.05, 4.69) is 20.4 Å². The number of thiophene rings is 1.